The number of nitrogens with one attached hydrogen (secondary N) is 2. The van der Waals surface area contributed by atoms with Gasteiger partial charge in [-0.3, -0.25) is 14.3 Å². The summed E-state index contributed by atoms with van der Waals surface area (Å²) < 4.78 is 14.6. The van der Waals surface area contributed by atoms with Crippen molar-refractivity contribution in [1.82, 2.24) is 35.3 Å². The fourth-order valence-electron chi connectivity index (χ4n) is 7.49. The average Bonchev–Trinajstić information content (AvgIpc) is 3.64. The number of aliphatic carboxylic acids is 1. The van der Waals surface area contributed by atoms with Crippen molar-refractivity contribution in [2.24, 2.45) is 13.0 Å². The van der Waals surface area contributed by atoms with E-state index in [-0.39, 0.29) is 31.4 Å². The summed E-state index contributed by atoms with van der Waals surface area (Å²) in [6, 6.07) is 1.80. The maximum atomic E-state index is 14.4. The van der Waals surface area contributed by atoms with Crippen molar-refractivity contribution in [2.45, 2.75) is 107 Å². The molecule has 1 saturated heterocycles. The van der Waals surface area contributed by atoms with Gasteiger partial charge in [-0.05, 0) is 75.8 Å². The first-order valence-corrected chi connectivity index (χ1v) is 18.4. The van der Waals surface area contributed by atoms with E-state index in [1.54, 1.807) is 4.68 Å². The number of carboxylic acids is 1. The molecule has 3 amide bonds. The molecule has 3 N–H and O–H groups in total. The summed E-state index contributed by atoms with van der Waals surface area (Å²) in [5.74, 6) is -1.70. The van der Waals surface area contributed by atoms with Crippen LogP contribution in [0.5, 0.6) is 5.88 Å². The number of amides is 3. The highest BCUT2D eigenvalue weighted by Crippen LogP contribution is 2.45. The standard InChI is InChI=1S/C35H43N7O7S/c1-20-16-26(41(2)40-20)29-36-24-14-15-50-28(24)31(38-29)48-23-17-27-30(43)39-35(33(45)46)18-21(35)10-6-4-3-5-7-13-25(32(44)42(27)19-23)37-34(47)49-22-11-8-9-12-22/h6,10,14-16,21-23,25,27H,3-5,7-9,11-13,17-19H2,1-2H3,(H,37,47)(H,39,43)(H,45,46)/b10-6-/t21-,23-,25?,27+,35-/m1/s1. The van der Waals surface area contributed by atoms with E-state index in [0.29, 0.717) is 35.8 Å². The number of nitrogens with zero attached hydrogens (tertiary/aromatic N) is 5. The second-order valence-corrected chi connectivity index (χ2v) is 14.8. The van der Waals surface area contributed by atoms with Gasteiger partial charge in [0.2, 0.25) is 17.7 Å². The Balaban J connectivity index is 1.18. The Labute approximate surface area is 293 Å². The van der Waals surface area contributed by atoms with Crippen LogP contribution in [-0.4, -0.2) is 90.0 Å². The number of aromatic nitrogens is 4. The summed E-state index contributed by atoms with van der Waals surface area (Å²) in [6.45, 7) is 1.92. The number of hydrogen-bond donors (Lipinski definition) is 3. The first-order chi connectivity index (χ1) is 24.1. The molecule has 7 rings (SSSR count). The van der Waals surface area contributed by atoms with Crippen LogP contribution in [0.1, 0.15) is 76.3 Å². The molecule has 1 unspecified atom stereocenters. The smallest absolute Gasteiger partial charge is 0.408 e. The number of carbonyl (C=O) groups is 4. The van der Waals surface area contributed by atoms with Crippen LogP contribution in [0.25, 0.3) is 21.7 Å². The molecule has 2 saturated carbocycles. The molecular weight excluding hydrogens is 662 g/mol. The molecule has 4 aliphatic rings. The van der Waals surface area contributed by atoms with Gasteiger partial charge in [0.05, 0.1) is 17.8 Å². The Hall–Kier alpha value is -4.53. The summed E-state index contributed by atoms with van der Waals surface area (Å²) in [6.07, 6.45) is 9.79. The lowest BCUT2D eigenvalue weighted by molar-refractivity contribution is -0.145. The molecule has 0 aromatic carbocycles. The van der Waals surface area contributed by atoms with Crippen molar-refractivity contribution in [3.05, 3.63) is 35.4 Å². The lowest BCUT2D eigenvalue weighted by Gasteiger charge is -2.29. The maximum Gasteiger partial charge on any atom is 0.408 e. The van der Waals surface area contributed by atoms with Crippen LogP contribution in [-0.2, 0) is 26.2 Å². The summed E-state index contributed by atoms with van der Waals surface area (Å²) in [5.41, 5.74) is 0.777. The first kappa shape index (κ1) is 33.9. The molecule has 15 heteroatoms. The molecule has 3 fully saturated rings. The third-order valence-electron chi connectivity index (χ3n) is 10.3. The minimum Gasteiger partial charge on any atom is -0.479 e. The van der Waals surface area contributed by atoms with E-state index >= 15 is 0 Å². The molecule has 50 heavy (non-hydrogen) atoms. The Kier molecular flexibility index (Phi) is 9.51. The van der Waals surface area contributed by atoms with Crippen molar-refractivity contribution in [3.8, 4) is 17.4 Å². The fraction of sp³-hybridized carbons (Fsp3) is 0.571. The molecule has 2 aliphatic carbocycles. The van der Waals surface area contributed by atoms with Crippen molar-refractivity contribution < 1.29 is 33.8 Å². The zero-order chi connectivity index (χ0) is 35.0. The maximum absolute atomic E-state index is 14.4. The van der Waals surface area contributed by atoms with Gasteiger partial charge in [0.25, 0.3) is 0 Å². The predicted molar refractivity (Wildman–Crippen MR) is 183 cm³/mol. The molecule has 0 bridgehead atoms. The van der Waals surface area contributed by atoms with E-state index in [9.17, 15) is 24.3 Å². The number of rotatable bonds is 6. The van der Waals surface area contributed by atoms with Gasteiger partial charge < -0.3 is 30.1 Å². The molecule has 0 spiro atoms. The Morgan fingerprint density at radius 3 is 2.66 bits per heavy atom. The van der Waals surface area contributed by atoms with E-state index < -0.39 is 47.6 Å². The van der Waals surface area contributed by atoms with Gasteiger partial charge in [-0.1, -0.05) is 25.0 Å². The normalized spacial score (nSPS) is 28.2. The molecule has 266 valence electrons. The third kappa shape index (κ3) is 6.92. The Morgan fingerprint density at radius 2 is 1.90 bits per heavy atom. The number of carboxylic acid groups (broad SMARTS) is 1. The zero-order valence-corrected chi connectivity index (χ0v) is 29.1. The third-order valence-corrected chi connectivity index (χ3v) is 11.2. The average molecular weight is 706 g/mol. The van der Waals surface area contributed by atoms with E-state index in [2.05, 4.69) is 15.7 Å². The minimum absolute atomic E-state index is 0.0349. The molecule has 14 nitrogen and oxygen atoms in total. The Bertz CT molecular complexity index is 1820. The quantitative estimate of drug-likeness (QED) is 0.314. The van der Waals surface area contributed by atoms with Crippen LogP contribution in [0.4, 0.5) is 4.79 Å². The highest BCUT2D eigenvalue weighted by atomic mass is 32.1. The summed E-state index contributed by atoms with van der Waals surface area (Å²) in [5, 5.41) is 22.1. The monoisotopic (exact) mass is 705 g/mol. The van der Waals surface area contributed by atoms with Crippen LogP contribution >= 0.6 is 11.3 Å². The number of aryl methyl sites for hydroxylation is 2. The first-order valence-electron chi connectivity index (χ1n) is 17.5. The number of hydrogen-bond acceptors (Lipinski definition) is 10. The van der Waals surface area contributed by atoms with E-state index in [1.807, 2.05) is 43.6 Å². The SMILES string of the molecule is Cc1cc(-c2nc(O[C@@H]3C[C@H]4C(=O)N[C@]5(C(=O)O)C[C@H]5/C=C\CCCCCC(NC(=O)OC5CCCC5)C(=O)N4C3)c3sccc3n2)n(C)n1. The van der Waals surface area contributed by atoms with Gasteiger partial charge in [-0.25, -0.2) is 14.6 Å². The molecular formula is C35H43N7O7S. The van der Waals surface area contributed by atoms with Crippen molar-refractivity contribution in [3.63, 3.8) is 0 Å². The van der Waals surface area contributed by atoms with Crippen LogP contribution in [0, 0.1) is 12.8 Å². The van der Waals surface area contributed by atoms with Crippen LogP contribution in [0.3, 0.4) is 0 Å². The number of allylic oxidation sites excluding steroid dienone is 1. The number of thiophene rings is 1. The number of fused-ring (bicyclic) bond motifs is 3. The fourth-order valence-corrected chi connectivity index (χ4v) is 8.25. The van der Waals surface area contributed by atoms with Gasteiger partial charge in [-0.2, -0.15) is 10.1 Å². The van der Waals surface area contributed by atoms with Crippen molar-refractivity contribution in [1.29, 1.82) is 0 Å². The molecule has 3 aromatic heterocycles. The predicted octanol–water partition coefficient (Wildman–Crippen LogP) is 4.27. The van der Waals surface area contributed by atoms with E-state index in [0.717, 1.165) is 55.3 Å². The number of alkyl carbamates (subject to hydrolysis) is 1. The zero-order valence-electron chi connectivity index (χ0n) is 28.3. The number of ether oxygens (including phenoxy) is 2. The molecule has 0 radical (unpaired) electrons. The minimum atomic E-state index is -1.43. The second-order valence-electron chi connectivity index (χ2n) is 13.9. The van der Waals surface area contributed by atoms with E-state index in [1.165, 1.54) is 16.2 Å². The lowest BCUT2D eigenvalue weighted by Crippen LogP contribution is -2.56. The topological polar surface area (TPSA) is 178 Å². The van der Waals surface area contributed by atoms with E-state index in [4.69, 9.17) is 19.4 Å². The van der Waals surface area contributed by atoms with Gasteiger partial charge in [0.1, 0.15) is 40.2 Å². The number of carbonyl (C=O) groups excluding carboxylic acids is 3. The molecule has 5 atom stereocenters. The summed E-state index contributed by atoms with van der Waals surface area (Å²) in [7, 11) is 1.81. The van der Waals surface area contributed by atoms with Gasteiger partial charge in [0, 0.05) is 19.4 Å². The van der Waals surface area contributed by atoms with Crippen molar-refractivity contribution in [2.75, 3.05) is 6.54 Å². The second kappa shape index (κ2) is 14.0. The lowest BCUT2D eigenvalue weighted by atomic mass is 10.0. The van der Waals surface area contributed by atoms with Gasteiger partial charge in [-0.15, -0.1) is 11.3 Å². The van der Waals surface area contributed by atoms with Gasteiger partial charge in [0.15, 0.2) is 5.82 Å². The van der Waals surface area contributed by atoms with Crippen molar-refractivity contribution >= 4 is 45.4 Å². The largest absolute Gasteiger partial charge is 0.479 e. The highest BCUT2D eigenvalue weighted by molar-refractivity contribution is 7.17. The molecule has 5 heterocycles. The summed E-state index contributed by atoms with van der Waals surface area (Å²) in [4.78, 5) is 64.9. The van der Waals surface area contributed by atoms with Crippen LogP contribution < -0.4 is 15.4 Å². The Morgan fingerprint density at radius 1 is 1.10 bits per heavy atom. The van der Waals surface area contributed by atoms with Crippen LogP contribution in [0.2, 0.25) is 0 Å². The molecule has 3 aromatic rings. The van der Waals surface area contributed by atoms with Gasteiger partial charge >= 0.3 is 12.1 Å². The van der Waals surface area contributed by atoms with Crippen LogP contribution in [0.15, 0.2) is 29.7 Å². The molecule has 2 aliphatic heterocycles. The summed E-state index contributed by atoms with van der Waals surface area (Å²) >= 11 is 1.42. The highest BCUT2D eigenvalue weighted by Gasteiger charge is 2.61.